The van der Waals surface area contributed by atoms with Crippen LogP contribution in [-0.4, -0.2) is 4.98 Å². The lowest BCUT2D eigenvalue weighted by molar-refractivity contribution is 1.10. The summed E-state index contributed by atoms with van der Waals surface area (Å²) in [5, 5.41) is 0.717. The zero-order valence-corrected chi connectivity index (χ0v) is 6.02. The first-order valence-corrected chi connectivity index (χ1v) is 3.30. The molecule has 9 heavy (non-hydrogen) atoms. The number of hydrogen-bond acceptors (Lipinski definition) is 1. The number of rotatable bonds is 1. The Balaban J connectivity index is 2.94. The summed E-state index contributed by atoms with van der Waals surface area (Å²) in [6, 6.07) is 1.93. The molecule has 0 fully saturated rings. The van der Waals surface area contributed by atoms with Crippen LogP contribution >= 0.6 is 11.6 Å². The second kappa shape index (κ2) is 2.83. The van der Waals surface area contributed by atoms with Crippen molar-refractivity contribution < 1.29 is 0 Å². The first kappa shape index (κ1) is 6.56. The fourth-order valence-corrected chi connectivity index (χ4v) is 0.846. The van der Waals surface area contributed by atoms with Gasteiger partial charge in [-0.15, -0.1) is 0 Å². The molecule has 0 unspecified atom stereocenters. The van der Waals surface area contributed by atoms with Gasteiger partial charge in [0.25, 0.3) is 0 Å². The van der Waals surface area contributed by atoms with Crippen LogP contribution < -0.4 is 0 Å². The normalized spacial score (nSPS) is 9.56. The van der Waals surface area contributed by atoms with Gasteiger partial charge in [0.2, 0.25) is 0 Å². The number of nitrogens with zero attached hydrogens (tertiary/aromatic N) is 1. The van der Waals surface area contributed by atoms with E-state index in [0.29, 0.717) is 5.02 Å². The zero-order chi connectivity index (χ0) is 6.69. The summed E-state index contributed by atoms with van der Waals surface area (Å²) in [6.07, 6.45) is 4.46. The van der Waals surface area contributed by atoms with Crippen molar-refractivity contribution in [1.82, 2.24) is 4.98 Å². The maximum absolute atomic E-state index is 5.66. The number of aryl methyl sites for hydroxylation is 1. The molecule has 0 aliphatic carbocycles. The molecule has 0 aromatic carbocycles. The van der Waals surface area contributed by atoms with Gasteiger partial charge in [0, 0.05) is 12.4 Å². The first-order valence-electron chi connectivity index (χ1n) is 2.92. The standard InChI is InChI=1S/C7H8ClN/c1-2-6-3-7(8)5-9-4-6/h3-5H,2H2,1H3. The van der Waals surface area contributed by atoms with E-state index in [1.807, 2.05) is 12.3 Å². The van der Waals surface area contributed by atoms with Gasteiger partial charge in [-0.1, -0.05) is 18.5 Å². The van der Waals surface area contributed by atoms with Crippen LogP contribution in [0.3, 0.4) is 0 Å². The molecule has 0 saturated carbocycles. The summed E-state index contributed by atoms with van der Waals surface area (Å²) in [5.74, 6) is 0. The van der Waals surface area contributed by atoms with Crippen molar-refractivity contribution in [2.75, 3.05) is 0 Å². The molecule has 1 rings (SSSR count). The summed E-state index contributed by atoms with van der Waals surface area (Å²) < 4.78 is 0. The molecule has 0 spiro atoms. The van der Waals surface area contributed by atoms with Crippen molar-refractivity contribution in [3.63, 3.8) is 0 Å². The Bertz CT molecular complexity index is 198. The highest BCUT2D eigenvalue weighted by Crippen LogP contribution is 2.07. The topological polar surface area (TPSA) is 12.9 Å². The molecular weight excluding hydrogens is 134 g/mol. The smallest absolute Gasteiger partial charge is 0.0592 e. The summed E-state index contributed by atoms with van der Waals surface area (Å²) in [5.41, 5.74) is 1.18. The lowest BCUT2D eigenvalue weighted by atomic mass is 10.2. The summed E-state index contributed by atoms with van der Waals surface area (Å²) >= 11 is 5.66. The largest absolute Gasteiger partial charge is 0.263 e. The van der Waals surface area contributed by atoms with Gasteiger partial charge in [-0.25, -0.2) is 0 Å². The molecule has 0 bridgehead atoms. The van der Waals surface area contributed by atoms with Crippen molar-refractivity contribution in [1.29, 1.82) is 0 Å². The molecule has 0 amide bonds. The minimum atomic E-state index is 0.717. The SMILES string of the molecule is CCc1cncc(Cl)c1. The summed E-state index contributed by atoms with van der Waals surface area (Å²) in [4.78, 5) is 3.92. The van der Waals surface area contributed by atoms with Crippen LogP contribution in [0.5, 0.6) is 0 Å². The quantitative estimate of drug-likeness (QED) is 0.585. The van der Waals surface area contributed by atoms with E-state index in [-0.39, 0.29) is 0 Å². The first-order chi connectivity index (χ1) is 4.33. The molecule has 0 saturated heterocycles. The zero-order valence-electron chi connectivity index (χ0n) is 5.26. The van der Waals surface area contributed by atoms with Crippen LogP contribution in [-0.2, 0) is 6.42 Å². The Morgan fingerprint density at radius 3 is 2.78 bits per heavy atom. The molecule has 1 nitrogen and oxygen atoms in total. The highest BCUT2D eigenvalue weighted by molar-refractivity contribution is 6.30. The van der Waals surface area contributed by atoms with Gasteiger partial charge in [-0.05, 0) is 18.1 Å². The van der Waals surface area contributed by atoms with Crippen LogP contribution in [0.2, 0.25) is 5.02 Å². The van der Waals surface area contributed by atoms with Gasteiger partial charge in [-0.3, -0.25) is 4.98 Å². The second-order valence-corrected chi connectivity index (χ2v) is 2.30. The van der Waals surface area contributed by atoms with Gasteiger partial charge >= 0.3 is 0 Å². The van der Waals surface area contributed by atoms with E-state index in [9.17, 15) is 0 Å². The fraction of sp³-hybridized carbons (Fsp3) is 0.286. The van der Waals surface area contributed by atoms with Crippen molar-refractivity contribution in [2.24, 2.45) is 0 Å². The minimum Gasteiger partial charge on any atom is -0.263 e. The third-order valence-electron chi connectivity index (χ3n) is 1.17. The van der Waals surface area contributed by atoms with E-state index in [1.54, 1.807) is 6.20 Å². The van der Waals surface area contributed by atoms with Crippen molar-refractivity contribution in [2.45, 2.75) is 13.3 Å². The van der Waals surface area contributed by atoms with Crippen LogP contribution in [0.4, 0.5) is 0 Å². The van der Waals surface area contributed by atoms with Gasteiger partial charge < -0.3 is 0 Å². The molecule has 0 N–H and O–H groups in total. The van der Waals surface area contributed by atoms with E-state index < -0.39 is 0 Å². The van der Waals surface area contributed by atoms with Gasteiger partial charge in [0.1, 0.15) is 0 Å². The fourth-order valence-electron chi connectivity index (χ4n) is 0.649. The van der Waals surface area contributed by atoms with Crippen LogP contribution in [0, 0.1) is 0 Å². The Hall–Kier alpha value is -0.560. The number of halogens is 1. The van der Waals surface area contributed by atoms with E-state index in [2.05, 4.69) is 11.9 Å². The Labute approximate surface area is 59.7 Å². The molecule has 1 aromatic rings. The van der Waals surface area contributed by atoms with E-state index in [0.717, 1.165) is 6.42 Å². The lowest BCUT2D eigenvalue weighted by Crippen LogP contribution is -1.80. The van der Waals surface area contributed by atoms with Gasteiger partial charge in [0.15, 0.2) is 0 Å². The predicted molar refractivity (Wildman–Crippen MR) is 38.6 cm³/mol. The molecular formula is C7H8ClN. The monoisotopic (exact) mass is 141 g/mol. The molecule has 0 aliphatic rings. The molecule has 0 aliphatic heterocycles. The Kier molecular flexibility index (Phi) is 2.06. The highest BCUT2D eigenvalue weighted by Gasteiger charge is 1.88. The summed E-state index contributed by atoms with van der Waals surface area (Å²) in [7, 11) is 0. The highest BCUT2D eigenvalue weighted by atomic mass is 35.5. The maximum Gasteiger partial charge on any atom is 0.0592 e. The van der Waals surface area contributed by atoms with E-state index in [1.165, 1.54) is 5.56 Å². The van der Waals surface area contributed by atoms with Gasteiger partial charge in [-0.2, -0.15) is 0 Å². The Morgan fingerprint density at radius 2 is 2.33 bits per heavy atom. The van der Waals surface area contributed by atoms with Crippen LogP contribution in [0.25, 0.3) is 0 Å². The average Bonchev–Trinajstić information content (AvgIpc) is 1.88. The van der Waals surface area contributed by atoms with E-state index >= 15 is 0 Å². The maximum atomic E-state index is 5.66. The Morgan fingerprint density at radius 1 is 1.56 bits per heavy atom. The van der Waals surface area contributed by atoms with E-state index in [4.69, 9.17) is 11.6 Å². The molecule has 1 aromatic heterocycles. The van der Waals surface area contributed by atoms with Crippen LogP contribution in [0.1, 0.15) is 12.5 Å². The molecule has 1 heterocycles. The number of pyridine rings is 1. The summed E-state index contributed by atoms with van der Waals surface area (Å²) in [6.45, 7) is 2.08. The van der Waals surface area contributed by atoms with Crippen molar-refractivity contribution >= 4 is 11.6 Å². The molecule has 2 heteroatoms. The molecule has 0 radical (unpaired) electrons. The predicted octanol–water partition coefficient (Wildman–Crippen LogP) is 2.30. The number of aromatic nitrogens is 1. The van der Waals surface area contributed by atoms with Crippen molar-refractivity contribution in [3.8, 4) is 0 Å². The average molecular weight is 142 g/mol. The second-order valence-electron chi connectivity index (χ2n) is 1.86. The van der Waals surface area contributed by atoms with Crippen LogP contribution in [0.15, 0.2) is 18.5 Å². The van der Waals surface area contributed by atoms with Crippen molar-refractivity contribution in [3.05, 3.63) is 29.0 Å². The third-order valence-corrected chi connectivity index (χ3v) is 1.38. The lowest BCUT2D eigenvalue weighted by Gasteiger charge is -1.92. The molecule has 48 valence electrons. The molecule has 0 atom stereocenters. The number of hydrogen-bond donors (Lipinski definition) is 0. The third kappa shape index (κ3) is 1.68. The van der Waals surface area contributed by atoms with Gasteiger partial charge in [0.05, 0.1) is 5.02 Å². The minimum absolute atomic E-state index is 0.717.